The van der Waals surface area contributed by atoms with Crippen LogP contribution < -0.4 is 5.73 Å². The SMILES string of the molecule is CC(C(=O)N1CCN=C1CCN)C(C)(C)C. The average molecular weight is 225 g/mol. The number of hydrogen-bond acceptors (Lipinski definition) is 3. The Bertz CT molecular complexity index is 291. The van der Waals surface area contributed by atoms with Crippen LogP contribution in [0.1, 0.15) is 34.1 Å². The van der Waals surface area contributed by atoms with Crippen molar-refractivity contribution in [1.29, 1.82) is 0 Å². The minimum absolute atomic E-state index is 0.00645. The first-order valence-electron chi connectivity index (χ1n) is 5.92. The Morgan fingerprint density at radius 3 is 2.69 bits per heavy atom. The van der Waals surface area contributed by atoms with Crippen molar-refractivity contribution < 1.29 is 4.79 Å². The highest BCUT2D eigenvalue weighted by Crippen LogP contribution is 2.27. The molecule has 16 heavy (non-hydrogen) atoms. The molecule has 0 aromatic rings. The van der Waals surface area contributed by atoms with Gasteiger partial charge in [-0.15, -0.1) is 0 Å². The van der Waals surface area contributed by atoms with Crippen molar-refractivity contribution in [3.05, 3.63) is 0 Å². The summed E-state index contributed by atoms with van der Waals surface area (Å²) in [6, 6.07) is 0. The maximum atomic E-state index is 12.3. The fourth-order valence-corrected chi connectivity index (χ4v) is 1.68. The molecule has 92 valence electrons. The third kappa shape index (κ3) is 2.82. The largest absolute Gasteiger partial charge is 0.330 e. The Labute approximate surface area is 97.9 Å². The Balaban J connectivity index is 2.71. The quantitative estimate of drug-likeness (QED) is 0.786. The van der Waals surface area contributed by atoms with E-state index in [9.17, 15) is 4.79 Å². The Kier molecular flexibility index (Phi) is 4.08. The van der Waals surface area contributed by atoms with Crippen LogP contribution in [-0.4, -0.2) is 36.3 Å². The molecule has 0 saturated heterocycles. The molecule has 1 amide bonds. The molecule has 1 aliphatic heterocycles. The predicted molar refractivity (Wildman–Crippen MR) is 66.3 cm³/mol. The molecule has 0 aromatic carbocycles. The lowest BCUT2D eigenvalue weighted by atomic mass is 9.81. The van der Waals surface area contributed by atoms with Crippen LogP contribution in [-0.2, 0) is 4.79 Å². The molecule has 0 aromatic heterocycles. The number of nitrogens with two attached hydrogens (primary N) is 1. The molecule has 4 nitrogen and oxygen atoms in total. The molecule has 0 bridgehead atoms. The van der Waals surface area contributed by atoms with Crippen LogP contribution in [0.5, 0.6) is 0 Å². The minimum Gasteiger partial charge on any atom is -0.330 e. The smallest absolute Gasteiger partial charge is 0.231 e. The van der Waals surface area contributed by atoms with E-state index >= 15 is 0 Å². The van der Waals surface area contributed by atoms with Gasteiger partial charge in [0.1, 0.15) is 5.84 Å². The van der Waals surface area contributed by atoms with Gasteiger partial charge in [0, 0.05) is 18.9 Å². The second-order valence-corrected chi connectivity index (χ2v) is 5.41. The van der Waals surface area contributed by atoms with Crippen molar-refractivity contribution in [3.63, 3.8) is 0 Å². The summed E-state index contributed by atoms with van der Waals surface area (Å²) in [5.41, 5.74) is 5.51. The van der Waals surface area contributed by atoms with E-state index in [-0.39, 0.29) is 17.2 Å². The molecule has 0 spiro atoms. The highest BCUT2D eigenvalue weighted by Gasteiger charge is 2.33. The molecule has 1 atom stereocenters. The van der Waals surface area contributed by atoms with Crippen molar-refractivity contribution in [3.8, 4) is 0 Å². The van der Waals surface area contributed by atoms with Gasteiger partial charge in [0.25, 0.3) is 0 Å². The lowest BCUT2D eigenvalue weighted by Gasteiger charge is -2.30. The lowest BCUT2D eigenvalue weighted by molar-refractivity contribution is -0.133. The lowest BCUT2D eigenvalue weighted by Crippen LogP contribution is -2.42. The molecular weight excluding hydrogens is 202 g/mol. The molecule has 0 saturated carbocycles. The van der Waals surface area contributed by atoms with Crippen LogP contribution in [0, 0.1) is 11.3 Å². The number of carbonyl (C=O) groups excluding carboxylic acids is 1. The zero-order valence-electron chi connectivity index (χ0n) is 10.8. The summed E-state index contributed by atoms with van der Waals surface area (Å²) >= 11 is 0. The van der Waals surface area contributed by atoms with Gasteiger partial charge in [-0.3, -0.25) is 14.7 Å². The molecule has 1 unspecified atom stereocenters. The van der Waals surface area contributed by atoms with E-state index < -0.39 is 0 Å². The number of aliphatic imine (C=N–C) groups is 1. The second kappa shape index (κ2) is 4.95. The van der Waals surface area contributed by atoms with Gasteiger partial charge in [-0.05, 0) is 12.0 Å². The predicted octanol–water partition coefficient (Wildman–Crippen LogP) is 1.26. The first-order chi connectivity index (χ1) is 7.38. The van der Waals surface area contributed by atoms with E-state index in [4.69, 9.17) is 5.73 Å². The number of nitrogens with zero attached hydrogens (tertiary/aromatic N) is 2. The Hall–Kier alpha value is -0.900. The topological polar surface area (TPSA) is 58.7 Å². The van der Waals surface area contributed by atoms with E-state index in [2.05, 4.69) is 25.8 Å². The van der Waals surface area contributed by atoms with Crippen molar-refractivity contribution >= 4 is 11.7 Å². The van der Waals surface area contributed by atoms with Crippen molar-refractivity contribution in [1.82, 2.24) is 4.90 Å². The molecule has 0 radical (unpaired) electrons. The molecule has 2 N–H and O–H groups in total. The van der Waals surface area contributed by atoms with Gasteiger partial charge in [0.05, 0.1) is 6.54 Å². The van der Waals surface area contributed by atoms with E-state index in [1.54, 1.807) is 0 Å². The zero-order valence-corrected chi connectivity index (χ0v) is 10.8. The maximum absolute atomic E-state index is 12.3. The first kappa shape index (κ1) is 13.2. The highest BCUT2D eigenvalue weighted by molar-refractivity contribution is 6.00. The first-order valence-corrected chi connectivity index (χ1v) is 5.92. The summed E-state index contributed by atoms with van der Waals surface area (Å²) in [6.07, 6.45) is 0.697. The monoisotopic (exact) mass is 225 g/mol. The van der Waals surface area contributed by atoms with Crippen molar-refractivity contribution in [2.45, 2.75) is 34.1 Å². The van der Waals surface area contributed by atoms with Gasteiger partial charge in [-0.2, -0.15) is 0 Å². The van der Waals surface area contributed by atoms with Crippen molar-refractivity contribution in [2.75, 3.05) is 19.6 Å². The summed E-state index contributed by atoms with van der Waals surface area (Å²) in [6.45, 7) is 10.2. The summed E-state index contributed by atoms with van der Waals surface area (Å²) < 4.78 is 0. The third-order valence-corrected chi connectivity index (χ3v) is 3.23. The van der Waals surface area contributed by atoms with Crippen molar-refractivity contribution in [2.24, 2.45) is 22.1 Å². The van der Waals surface area contributed by atoms with E-state index in [1.165, 1.54) is 0 Å². The average Bonchev–Trinajstić information content (AvgIpc) is 2.63. The second-order valence-electron chi connectivity index (χ2n) is 5.41. The van der Waals surface area contributed by atoms with Gasteiger partial charge in [-0.25, -0.2) is 0 Å². The summed E-state index contributed by atoms with van der Waals surface area (Å²) in [5, 5.41) is 0. The number of rotatable bonds is 3. The van der Waals surface area contributed by atoms with Gasteiger partial charge in [0.2, 0.25) is 5.91 Å². The van der Waals surface area contributed by atoms with E-state index in [0.29, 0.717) is 19.5 Å². The Morgan fingerprint density at radius 1 is 1.56 bits per heavy atom. The standard InChI is InChI=1S/C12H23N3O/c1-9(12(2,3)4)11(16)15-8-7-14-10(15)5-6-13/h9H,5-8,13H2,1-4H3. The normalized spacial score (nSPS) is 18.6. The van der Waals surface area contributed by atoms with Gasteiger partial charge < -0.3 is 5.73 Å². The van der Waals surface area contributed by atoms with Crippen LogP contribution in [0.15, 0.2) is 4.99 Å². The van der Waals surface area contributed by atoms with Crippen LogP contribution in [0.4, 0.5) is 0 Å². The molecular formula is C12H23N3O. The van der Waals surface area contributed by atoms with Crippen LogP contribution in [0.25, 0.3) is 0 Å². The molecule has 1 rings (SSSR count). The minimum atomic E-state index is -0.00645. The van der Waals surface area contributed by atoms with Gasteiger partial charge >= 0.3 is 0 Å². The van der Waals surface area contributed by atoms with Gasteiger partial charge in [0.15, 0.2) is 0 Å². The molecule has 1 aliphatic rings. The number of amidine groups is 1. The molecule has 4 heteroatoms. The molecule has 0 fully saturated rings. The number of amides is 1. The fourth-order valence-electron chi connectivity index (χ4n) is 1.68. The molecule has 1 heterocycles. The number of hydrogen-bond donors (Lipinski definition) is 1. The van der Waals surface area contributed by atoms with E-state index in [0.717, 1.165) is 12.4 Å². The van der Waals surface area contributed by atoms with Gasteiger partial charge in [-0.1, -0.05) is 27.7 Å². The fraction of sp³-hybridized carbons (Fsp3) is 0.833. The zero-order chi connectivity index (χ0) is 12.3. The van der Waals surface area contributed by atoms with E-state index in [1.807, 2.05) is 11.8 Å². The number of carbonyl (C=O) groups is 1. The maximum Gasteiger partial charge on any atom is 0.231 e. The summed E-state index contributed by atoms with van der Waals surface area (Å²) in [5.74, 6) is 1.05. The summed E-state index contributed by atoms with van der Waals surface area (Å²) in [4.78, 5) is 18.4. The molecule has 0 aliphatic carbocycles. The highest BCUT2D eigenvalue weighted by atomic mass is 16.2. The van der Waals surface area contributed by atoms with Crippen LogP contribution in [0.3, 0.4) is 0 Å². The Morgan fingerprint density at radius 2 is 2.19 bits per heavy atom. The van der Waals surface area contributed by atoms with Crippen LogP contribution >= 0.6 is 0 Å². The van der Waals surface area contributed by atoms with Crippen LogP contribution in [0.2, 0.25) is 0 Å². The summed E-state index contributed by atoms with van der Waals surface area (Å²) in [7, 11) is 0. The third-order valence-electron chi connectivity index (χ3n) is 3.23.